The van der Waals surface area contributed by atoms with E-state index in [1.165, 1.54) is 0 Å². The van der Waals surface area contributed by atoms with E-state index >= 15 is 0 Å². The van der Waals surface area contributed by atoms with E-state index in [0.717, 1.165) is 63.0 Å². The van der Waals surface area contributed by atoms with Gasteiger partial charge in [-0.2, -0.15) is 0 Å². The zero-order valence-electron chi connectivity index (χ0n) is 17.1. The van der Waals surface area contributed by atoms with Gasteiger partial charge in [0.15, 0.2) is 5.78 Å². The zero-order chi connectivity index (χ0) is 20.9. The van der Waals surface area contributed by atoms with E-state index in [9.17, 15) is 13.2 Å². The average Bonchev–Trinajstić information content (AvgIpc) is 2.72. The average molecular weight is 416 g/mol. The molecule has 2 aromatic rings. The van der Waals surface area contributed by atoms with Crippen LogP contribution in [0.5, 0.6) is 0 Å². The molecule has 6 nitrogen and oxygen atoms in total. The van der Waals surface area contributed by atoms with Crippen LogP contribution in [0.4, 0.5) is 5.69 Å². The highest BCUT2D eigenvalue weighted by molar-refractivity contribution is 7.92. The van der Waals surface area contributed by atoms with Gasteiger partial charge in [0.05, 0.1) is 6.26 Å². The van der Waals surface area contributed by atoms with E-state index in [0.29, 0.717) is 11.3 Å². The lowest BCUT2D eigenvalue weighted by molar-refractivity contribution is 0.0841. The van der Waals surface area contributed by atoms with Crippen molar-refractivity contribution in [2.75, 3.05) is 30.6 Å². The van der Waals surface area contributed by atoms with Gasteiger partial charge >= 0.3 is 0 Å². The Bertz CT molecular complexity index is 934. The fourth-order valence-electron chi connectivity index (χ4n) is 3.71. The number of rotatable bonds is 8. The van der Waals surface area contributed by atoms with Gasteiger partial charge < -0.3 is 4.90 Å². The zero-order valence-corrected chi connectivity index (χ0v) is 17.9. The van der Waals surface area contributed by atoms with Crippen molar-refractivity contribution in [3.8, 4) is 0 Å². The summed E-state index contributed by atoms with van der Waals surface area (Å²) in [6.45, 7) is 4.91. The largest absolute Gasteiger partial charge is 0.303 e. The summed E-state index contributed by atoms with van der Waals surface area (Å²) in [5.74, 6) is 0.175. The molecule has 156 valence electrons. The van der Waals surface area contributed by atoms with Crippen LogP contribution < -0.4 is 4.72 Å². The van der Waals surface area contributed by atoms with Gasteiger partial charge in [-0.05, 0) is 68.8 Å². The molecule has 7 heteroatoms. The molecule has 0 aliphatic carbocycles. The number of piperidine rings is 1. The standard InChI is InChI=1S/C22H29N3O3S/c1-3-19-5-4-6-20(23-19)13-16-25-14-11-18(12-15-25)22(26)17-7-9-21(10-8-17)24-29(2,27)28/h4-10,18,24H,3,11-16H2,1-2H3. The van der Waals surface area contributed by atoms with Crippen LogP contribution in [-0.2, 0) is 22.9 Å². The molecule has 29 heavy (non-hydrogen) atoms. The summed E-state index contributed by atoms with van der Waals surface area (Å²) in [6, 6.07) is 12.9. The quantitative estimate of drug-likeness (QED) is 0.670. The number of carbonyl (C=O) groups excluding carboxylic acids is 1. The maximum absolute atomic E-state index is 12.8. The van der Waals surface area contributed by atoms with Gasteiger partial charge in [0, 0.05) is 41.5 Å². The lowest BCUT2D eigenvalue weighted by Crippen LogP contribution is -2.37. The molecule has 1 aromatic carbocycles. The molecule has 3 rings (SSSR count). The normalized spacial score (nSPS) is 15.9. The molecule has 1 N–H and O–H groups in total. The maximum Gasteiger partial charge on any atom is 0.229 e. The number of nitrogens with one attached hydrogen (secondary N) is 1. The van der Waals surface area contributed by atoms with Gasteiger partial charge in [0.2, 0.25) is 10.0 Å². The van der Waals surface area contributed by atoms with Crippen LogP contribution in [0, 0.1) is 5.92 Å². The Morgan fingerprint density at radius 2 is 1.76 bits per heavy atom. The molecule has 1 saturated heterocycles. The molecule has 0 saturated carbocycles. The number of nitrogens with zero attached hydrogens (tertiary/aromatic N) is 2. The van der Waals surface area contributed by atoms with Crippen LogP contribution in [0.3, 0.4) is 0 Å². The van der Waals surface area contributed by atoms with E-state index in [-0.39, 0.29) is 11.7 Å². The fourth-order valence-corrected chi connectivity index (χ4v) is 4.27. The highest BCUT2D eigenvalue weighted by Gasteiger charge is 2.25. The topological polar surface area (TPSA) is 79.4 Å². The first kappa shape index (κ1) is 21.5. The van der Waals surface area contributed by atoms with Crippen LogP contribution in [0.1, 0.15) is 41.5 Å². The molecular formula is C22H29N3O3S. The van der Waals surface area contributed by atoms with Crippen molar-refractivity contribution >= 4 is 21.5 Å². The van der Waals surface area contributed by atoms with Crippen molar-refractivity contribution < 1.29 is 13.2 Å². The molecule has 1 aliphatic heterocycles. The van der Waals surface area contributed by atoms with E-state index < -0.39 is 10.0 Å². The van der Waals surface area contributed by atoms with E-state index in [1.807, 2.05) is 0 Å². The molecule has 0 radical (unpaired) electrons. The van der Waals surface area contributed by atoms with Crippen LogP contribution in [0.25, 0.3) is 0 Å². The third-order valence-corrected chi connectivity index (χ3v) is 5.95. The number of aromatic nitrogens is 1. The second-order valence-corrected chi connectivity index (χ2v) is 9.40. The number of benzene rings is 1. The third kappa shape index (κ3) is 6.37. The second-order valence-electron chi connectivity index (χ2n) is 7.66. The predicted molar refractivity (Wildman–Crippen MR) is 116 cm³/mol. The van der Waals surface area contributed by atoms with Crippen LogP contribution in [0.2, 0.25) is 0 Å². The summed E-state index contributed by atoms with van der Waals surface area (Å²) in [5.41, 5.74) is 3.37. The number of anilines is 1. The number of Topliss-reactive ketones (excluding diaryl/α,β-unsaturated/α-hetero) is 1. The Morgan fingerprint density at radius 3 is 2.38 bits per heavy atom. The summed E-state index contributed by atoms with van der Waals surface area (Å²) in [6.07, 6.45) is 4.69. The fraction of sp³-hybridized carbons (Fsp3) is 0.455. The van der Waals surface area contributed by atoms with Gasteiger partial charge in [-0.15, -0.1) is 0 Å². The third-order valence-electron chi connectivity index (χ3n) is 5.34. The Balaban J connectivity index is 1.49. The lowest BCUT2D eigenvalue weighted by atomic mass is 9.89. The first-order valence-electron chi connectivity index (χ1n) is 10.1. The second kappa shape index (κ2) is 9.50. The maximum atomic E-state index is 12.8. The van der Waals surface area contributed by atoms with E-state index in [4.69, 9.17) is 0 Å². The van der Waals surface area contributed by atoms with Crippen LogP contribution in [0.15, 0.2) is 42.5 Å². The van der Waals surface area contributed by atoms with Gasteiger partial charge in [0.25, 0.3) is 0 Å². The SMILES string of the molecule is CCc1cccc(CCN2CCC(C(=O)c3ccc(NS(C)(=O)=O)cc3)CC2)n1. The Morgan fingerprint density at radius 1 is 1.10 bits per heavy atom. The summed E-state index contributed by atoms with van der Waals surface area (Å²) < 4.78 is 25.0. The number of sulfonamides is 1. The predicted octanol–water partition coefficient (Wildman–Crippen LogP) is 3.15. The van der Waals surface area contributed by atoms with E-state index in [1.54, 1.807) is 24.3 Å². The molecule has 0 amide bonds. The number of ketones is 1. The molecule has 0 atom stereocenters. The van der Waals surface area contributed by atoms with Crippen molar-refractivity contribution in [3.05, 3.63) is 59.4 Å². The monoisotopic (exact) mass is 415 g/mol. The minimum atomic E-state index is -3.31. The molecule has 1 aromatic heterocycles. The van der Waals surface area contributed by atoms with E-state index in [2.05, 4.69) is 39.7 Å². The first-order chi connectivity index (χ1) is 13.8. The number of hydrogen-bond acceptors (Lipinski definition) is 5. The van der Waals surface area contributed by atoms with Crippen molar-refractivity contribution in [2.45, 2.75) is 32.6 Å². The molecule has 0 spiro atoms. The van der Waals surface area contributed by atoms with Gasteiger partial charge in [-0.1, -0.05) is 13.0 Å². The highest BCUT2D eigenvalue weighted by atomic mass is 32.2. The van der Waals surface area contributed by atoms with Crippen molar-refractivity contribution in [1.82, 2.24) is 9.88 Å². The number of aryl methyl sites for hydroxylation is 1. The molecule has 0 bridgehead atoms. The summed E-state index contributed by atoms with van der Waals surface area (Å²) in [5, 5.41) is 0. The van der Waals surface area contributed by atoms with Gasteiger partial charge in [-0.25, -0.2) is 8.42 Å². The molecule has 1 fully saturated rings. The lowest BCUT2D eigenvalue weighted by Gasteiger charge is -2.31. The number of hydrogen-bond donors (Lipinski definition) is 1. The van der Waals surface area contributed by atoms with Crippen molar-refractivity contribution in [1.29, 1.82) is 0 Å². The highest BCUT2D eigenvalue weighted by Crippen LogP contribution is 2.23. The van der Waals surface area contributed by atoms with Crippen LogP contribution in [-0.4, -0.2) is 50.0 Å². The molecule has 2 heterocycles. The Kier molecular flexibility index (Phi) is 7.03. The Hall–Kier alpha value is -2.25. The van der Waals surface area contributed by atoms with Gasteiger partial charge in [-0.3, -0.25) is 14.5 Å². The smallest absolute Gasteiger partial charge is 0.229 e. The van der Waals surface area contributed by atoms with Crippen molar-refractivity contribution in [3.63, 3.8) is 0 Å². The number of pyridine rings is 1. The summed E-state index contributed by atoms with van der Waals surface area (Å²) >= 11 is 0. The van der Waals surface area contributed by atoms with Crippen LogP contribution >= 0.6 is 0 Å². The molecule has 0 unspecified atom stereocenters. The number of carbonyl (C=O) groups is 1. The first-order valence-corrected chi connectivity index (χ1v) is 12.0. The summed E-state index contributed by atoms with van der Waals surface area (Å²) in [4.78, 5) is 19.9. The van der Waals surface area contributed by atoms with Crippen molar-refractivity contribution in [2.24, 2.45) is 5.92 Å². The minimum absolute atomic E-state index is 0.0292. The number of likely N-dealkylation sites (tertiary alicyclic amines) is 1. The Labute approximate surface area is 173 Å². The summed E-state index contributed by atoms with van der Waals surface area (Å²) in [7, 11) is -3.31. The molecular weight excluding hydrogens is 386 g/mol. The molecule has 1 aliphatic rings. The minimum Gasteiger partial charge on any atom is -0.303 e. The van der Waals surface area contributed by atoms with Gasteiger partial charge in [0.1, 0.15) is 0 Å².